The van der Waals surface area contributed by atoms with Crippen molar-refractivity contribution in [3.63, 3.8) is 0 Å². The average molecular weight is 187 g/mol. The Morgan fingerprint density at radius 2 is 2.00 bits per heavy atom. The quantitative estimate of drug-likeness (QED) is 0.769. The van der Waals surface area contributed by atoms with Gasteiger partial charge in [0.25, 0.3) is 5.91 Å². The number of carbonyl (C=O) groups is 1. The molecule has 0 spiro atoms. The topological polar surface area (TPSA) is 46.9 Å². The van der Waals surface area contributed by atoms with Crippen LogP contribution in [0.3, 0.4) is 0 Å². The molecule has 0 radical (unpaired) electrons. The third kappa shape index (κ3) is 1.80. The minimum absolute atomic E-state index is 0.172. The smallest absolute Gasteiger partial charge is 0.267 e. The summed E-state index contributed by atoms with van der Waals surface area (Å²) in [7, 11) is 0. The van der Waals surface area contributed by atoms with Gasteiger partial charge in [0.2, 0.25) is 0 Å². The van der Waals surface area contributed by atoms with Crippen molar-refractivity contribution < 1.29 is 4.79 Å². The minimum Gasteiger partial charge on any atom is -0.267 e. The largest absolute Gasteiger partial charge is 0.271 e. The molecule has 1 aromatic heterocycles. The van der Waals surface area contributed by atoms with Crippen LogP contribution >= 0.6 is 0 Å². The Morgan fingerprint density at radius 1 is 1.21 bits per heavy atom. The van der Waals surface area contributed by atoms with Crippen LogP contribution in [-0.4, -0.2) is 15.8 Å². The van der Waals surface area contributed by atoms with E-state index >= 15 is 0 Å². The molecule has 1 heterocycles. The molecule has 0 atom stereocenters. The number of nitrogens with one attached hydrogen (secondary N) is 1. The standard InChI is InChI=1S/C10H9N3O/c14-10(9-5-2-1-3-6-9)12-13-8-4-7-11-13/h1-8H,(H,12,14). The molecule has 2 rings (SSSR count). The van der Waals surface area contributed by atoms with Gasteiger partial charge in [-0.25, -0.2) is 5.43 Å². The van der Waals surface area contributed by atoms with Crippen LogP contribution in [0.4, 0.5) is 0 Å². The number of hydrogen-bond donors (Lipinski definition) is 1. The van der Waals surface area contributed by atoms with E-state index in [1.807, 2.05) is 18.2 Å². The molecule has 4 heteroatoms. The van der Waals surface area contributed by atoms with Crippen molar-refractivity contribution in [2.24, 2.45) is 0 Å². The zero-order valence-electron chi connectivity index (χ0n) is 7.42. The molecule has 0 aliphatic heterocycles. The van der Waals surface area contributed by atoms with E-state index in [1.165, 1.54) is 4.79 Å². The van der Waals surface area contributed by atoms with Crippen LogP contribution in [0.15, 0.2) is 48.8 Å². The van der Waals surface area contributed by atoms with Crippen LogP contribution in [-0.2, 0) is 0 Å². The molecule has 0 saturated carbocycles. The Hall–Kier alpha value is -2.10. The molecular formula is C10H9N3O. The van der Waals surface area contributed by atoms with Crippen molar-refractivity contribution in [1.82, 2.24) is 9.89 Å². The van der Waals surface area contributed by atoms with Gasteiger partial charge in [-0.15, -0.1) is 0 Å². The van der Waals surface area contributed by atoms with Crippen molar-refractivity contribution >= 4 is 5.91 Å². The van der Waals surface area contributed by atoms with Gasteiger partial charge < -0.3 is 0 Å². The van der Waals surface area contributed by atoms with Crippen LogP contribution in [0, 0.1) is 0 Å². The van der Waals surface area contributed by atoms with Crippen LogP contribution in [0.25, 0.3) is 0 Å². The zero-order valence-corrected chi connectivity index (χ0v) is 7.42. The summed E-state index contributed by atoms with van der Waals surface area (Å²) in [4.78, 5) is 12.9. The molecule has 0 fully saturated rings. The highest BCUT2D eigenvalue weighted by Crippen LogP contribution is 1.98. The zero-order chi connectivity index (χ0) is 9.80. The number of nitrogens with zero attached hydrogens (tertiary/aromatic N) is 2. The fraction of sp³-hybridized carbons (Fsp3) is 0. The van der Waals surface area contributed by atoms with E-state index in [0.29, 0.717) is 5.56 Å². The predicted molar refractivity (Wildman–Crippen MR) is 52.4 cm³/mol. The first kappa shape index (κ1) is 8.50. The second-order valence-corrected chi connectivity index (χ2v) is 2.76. The molecule has 1 N–H and O–H groups in total. The van der Waals surface area contributed by atoms with E-state index < -0.39 is 0 Å². The van der Waals surface area contributed by atoms with E-state index in [4.69, 9.17) is 0 Å². The van der Waals surface area contributed by atoms with Gasteiger partial charge in [0.15, 0.2) is 0 Å². The first-order chi connectivity index (χ1) is 6.86. The third-order valence-corrected chi connectivity index (χ3v) is 1.76. The number of carbonyl (C=O) groups excluding carboxylic acids is 1. The fourth-order valence-corrected chi connectivity index (χ4v) is 1.09. The molecule has 14 heavy (non-hydrogen) atoms. The highest BCUT2D eigenvalue weighted by atomic mass is 16.2. The summed E-state index contributed by atoms with van der Waals surface area (Å²) in [5.74, 6) is -0.172. The maximum absolute atomic E-state index is 11.5. The normalized spacial score (nSPS) is 9.71. The highest BCUT2D eigenvalue weighted by Gasteiger charge is 2.03. The van der Waals surface area contributed by atoms with Gasteiger partial charge in [-0.1, -0.05) is 18.2 Å². The number of benzene rings is 1. The Balaban J connectivity index is 2.11. The van der Waals surface area contributed by atoms with Gasteiger partial charge in [-0.05, 0) is 18.2 Å². The summed E-state index contributed by atoms with van der Waals surface area (Å²) < 4.78 is 0. The molecule has 1 amide bonds. The summed E-state index contributed by atoms with van der Waals surface area (Å²) in [5, 5.41) is 3.87. The Morgan fingerprint density at radius 3 is 2.64 bits per heavy atom. The summed E-state index contributed by atoms with van der Waals surface area (Å²) in [6.07, 6.45) is 3.27. The van der Waals surface area contributed by atoms with Crippen LogP contribution in [0.2, 0.25) is 0 Å². The first-order valence-electron chi connectivity index (χ1n) is 4.22. The maximum atomic E-state index is 11.5. The summed E-state index contributed by atoms with van der Waals surface area (Å²) in [5.41, 5.74) is 3.22. The summed E-state index contributed by atoms with van der Waals surface area (Å²) >= 11 is 0. The number of amides is 1. The van der Waals surface area contributed by atoms with Gasteiger partial charge >= 0.3 is 0 Å². The Bertz CT molecular complexity index is 408. The molecule has 2 aromatic rings. The van der Waals surface area contributed by atoms with Gasteiger partial charge in [0.1, 0.15) is 0 Å². The van der Waals surface area contributed by atoms with Crippen LogP contribution in [0.1, 0.15) is 10.4 Å². The number of rotatable bonds is 2. The van der Waals surface area contributed by atoms with Crippen molar-refractivity contribution in [3.8, 4) is 0 Å². The lowest BCUT2D eigenvalue weighted by Crippen LogP contribution is -2.22. The molecule has 0 aliphatic rings. The SMILES string of the molecule is O=C(Nn1cccn1)c1ccccc1. The lowest BCUT2D eigenvalue weighted by molar-refractivity contribution is 0.100. The van der Waals surface area contributed by atoms with E-state index in [1.54, 1.807) is 30.6 Å². The maximum Gasteiger partial charge on any atom is 0.271 e. The van der Waals surface area contributed by atoms with E-state index in [-0.39, 0.29) is 5.91 Å². The second-order valence-electron chi connectivity index (χ2n) is 2.76. The highest BCUT2D eigenvalue weighted by molar-refractivity contribution is 5.99. The van der Waals surface area contributed by atoms with Crippen molar-refractivity contribution in [2.45, 2.75) is 0 Å². The molecule has 0 aliphatic carbocycles. The number of aromatic nitrogens is 2. The van der Waals surface area contributed by atoms with Gasteiger partial charge in [-0.2, -0.15) is 9.89 Å². The lowest BCUT2D eigenvalue weighted by atomic mass is 10.2. The van der Waals surface area contributed by atoms with Crippen molar-refractivity contribution in [1.29, 1.82) is 0 Å². The van der Waals surface area contributed by atoms with Gasteiger partial charge in [-0.3, -0.25) is 4.79 Å². The van der Waals surface area contributed by atoms with E-state index in [0.717, 1.165) is 0 Å². The Kier molecular flexibility index (Phi) is 2.27. The monoisotopic (exact) mass is 187 g/mol. The average Bonchev–Trinajstić information content (AvgIpc) is 2.72. The fourth-order valence-electron chi connectivity index (χ4n) is 1.09. The van der Waals surface area contributed by atoms with Gasteiger partial charge in [0.05, 0.1) is 6.20 Å². The summed E-state index contributed by atoms with van der Waals surface area (Å²) in [6.45, 7) is 0. The van der Waals surface area contributed by atoms with Crippen LogP contribution in [0.5, 0.6) is 0 Å². The van der Waals surface area contributed by atoms with E-state index in [9.17, 15) is 4.79 Å². The van der Waals surface area contributed by atoms with E-state index in [2.05, 4.69) is 10.5 Å². The Labute approximate surface area is 81.1 Å². The third-order valence-electron chi connectivity index (χ3n) is 1.76. The lowest BCUT2D eigenvalue weighted by Gasteiger charge is -2.03. The molecule has 4 nitrogen and oxygen atoms in total. The second kappa shape index (κ2) is 3.74. The summed E-state index contributed by atoms with van der Waals surface area (Å²) in [6, 6.07) is 10.7. The van der Waals surface area contributed by atoms with Crippen molar-refractivity contribution in [3.05, 3.63) is 54.4 Å². The van der Waals surface area contributed by atoms with Gasteiger partial charge in [0, 0.05) is 11.8 Å². The molecule has 1 aromatic carbocycles. The minimum atomic E-state index is -0.172. The molecule has 0 unspecified atom stereocenters. The molecule has 70 valence electrons. The predicted octanol–water partition coefficient (Wildman–Crippen LogP) is 1.27. The van der Waals surface area contributed by atoms with Crippen molar-refractivity contribution in [2.75, 3.05) is 5.43 Å². The molecule has 0 bridgehead atoms. The molecular weight excluding hydrogens is 178 g/mol. The molecule has 0 saturated heterocycles. The van der Waals surface area contributed by atoms with Crippen LogP contribution < -0.4 is 5.43 Å². The first-order valence-corrected chi connectivity index (χ1v) is 4.22. The number of hydrogen-bond acceptors (Lipinski definition) is 2.